The zero-order chi connectivity index (χ0) is 11.8. The molecule has 0 aliphatic carbocycles. The van der Waals surface area contributed by atoms with Gasteiger partial charge in [0.25, 0.3) is 0 Å². The molecule has 92 valence electrons. The molecule has 1 atom stereocenters. The predicted molar refractivity (Wildman–Crippen MR) is 69.4 cm³/mol. The predicted octanol–water partition coefficient (Wildman–Crippen LogP) is 2.88. The van der Waals surface area contributed by atoms with E-state index in [2.05, 4.69) is 51.8 Å². The third-order valence-corrected chi connectivity index (χ3v) is 2.95. The first kappa shape index (κ1) is 14.9. The van der Waals surface area contributed by atoms with Crippen molar-refractivity contribution >= 4 is 0 Å². The summed E-state index contributed by atoms with van der Waals surface area (Å²) >= 11 is 0. The maximum Gasteiger partial charge on any atom is 0.00699 e. The first-order chi connectivity index (χ1) is 6.99. The van der Waals surface area contributed by atoms with Gasteiger partial charge in [0.05, 0.1) is 0 Å². The molecule has 0 saturated heterocycles. The molecule has 0 aromatic heterocycles. The lowest BCUT2D eigenvalue weighted by Gasteiger charge is -2.31. The molecule has 0 bridgehead atoms. The molecule has 2 nitrogen and oxygen atoms in total. The molecule has 0 aromatic rings. The Bertz CT molecular complexity index is 143. The van der Waals surface area contributed by atoms with Crippen molar-refractivity contribution in [1.29, 1.82) is 0 Å². The second-order valence-electron chi connectivity index (χ2n) is 5.02. The summed E-state index contributed by atoms with van der Waals surface area (Å²) in [6.45, 7) is 15.9. The summed E-state index contributed by atoms with van der Waals surface area (Å²) < 4.78 is 0. The molecule has 0 rings (SSSR count). The zero-order valence-corrected chi connectivity index (χ0v) is 11.5. The van der Waals surface area contributed by atoms with Crippen LogP contribution in [0.2, 0.25) is 0 Å². The van der Waals surface area contributed by atoms with Gasteiger partial charge >= 0.3 is 0 Å². The van der Waals surface area contributed by atoms with Crippen LogP contribution >= 0.6 is 0 Å². The van der Waals surface area contributed by atoms with Gasteiger partial charge in [-0.1, -0.05) is 20.8 Å². The van der Waals surface area contributed by atoms with Gasteiger partial charge in [-0.2, -0.15) is 0 Å². The number of nitrogens with zero attached hydrogens (tertiary/aromatic N) is 1. The quantitative estimate of drug-likeness (QED) is 0.625. The van der Waals surface area contributed by atoms with E-state index in [-0.39, 0.29) is 0 Å². The average molecular weight is 214 g/mol. The van der Waals surface area contributed by atoms with Crippen LogP contribution in [0.15, 0.2) is 0 Å². The first-order valence-electron chi connectivity index (χ1n) is 6.48. The summed E-state index contributed by atoms with van der Waals surface area (Å²) in [6, 6.07) is 2.00. The summed E-state index contributed by atoms with van der Waals surface area (Å²) in [6.07, 6.45) is 2.58. The van der Waals surface area contributed by atoms with Crippen molar-refractivity contribution < 1.29 is 0 Å². The van der Waals surface area contributed by atoms with Gasteiger partial charge in [0, 0.05) is 18.1 Å². The fraction of sp³-hybridized carbons (Fsp3) is 1.00. The van der Waals surface area contributed by atoms with Crippen molar-refractivity contribution in [3.63, 3.8) is 0 Å². The lowest BCUT2D eigenvalue weighted by atomic mass is 10.1. The van der Waals surface area contributed by atoms with E-state index in [9.17, 15) is 0 Å². The van der Waals surface area contributed by atoms with E-state index in [0.717, 1.165) is 13.1 Å². The SMILES string of the molecule is CCN(C(C)C)C(C)CCCNC(C)C. The zero-order valence-electron chi connectivity index (χ0n) is 11.5. The van der Waals surface area contributed by atoms with Crippen LogP contribution in [-0.2, 0) is 0 Å². The Hall–Kier alpha value is -0.0800. The Morgan fingerprint density at radius 3 is 2.07 bits per heavy atom. The summed E-state index contributed by atoms with van der Waals surface area (Å²) in [5.74, 6) is 0. The van der Waals surface area contributed by atoms with Crippen LogP contribution in [0.3, 0.4) is 0 Å². The molecule has 0 aliphatic rings. The van der Waals surface area contributed by atoms with Crippen LogP contribution in [0.25, 0.3) is 0 Å². The van der Waals surface area contributed by atoms with E-state index in [0.29, 0.717) is 18.1 Å². The summed E-state index contributed by atoms with van der Waals surface area (Å²) in [7, 11) is 0. The lowest BCUT2D eigenvalue weighted by Crippen LogP contribution is -2.39. The molecule has 0 aromatic carbocycles. The van der Waals surface area contributed by atoms with Crippen LogP contribution < -0.4 is 5.32 Å². The van der Waals surface area contributed by atoms with Gasteiger partial charge in [-0.05, 0) is 46.7 Å². The highest BCUT2D eigenvalue weighted by Crippen LogP contribution is 2.09. The molecule has 1 unspecified atom stereocenters. The van der Waals surface area contributed by atoms with Crippen molar-refractivity contribution in [3.8, 4) is 0 Å². The fourth-order valence-corrected chi connectivity index (χ4v) is 2.14. The Morgan fingerprint density at radius 1 is 1.07 bits per heavy atom. The highest BCUT2D eigenvalue weighted by Gasteiger charge is 2.14. The fourth-order valence-electron chi connectivity index (χ4n) is 2.14. The van der Waals surface area contributed by atoms with Gasteiger partial charge in [0.2, 0.25) is 0 Å². The lowest BCUT2D eigenvalue weighted by molar-refractivity contribution is 0.163. The smallest absolute Gasteiger partial charge is 0.00699 e. The Kier molecular flexibility index (Phi) is 8.07. The van der Waals surface area contributed by atoms with Crippen LogP contribution in [0, 0.1) is 0 Å². The monoisotopic (exact) mass is 214 g/mol. The molecule has 15 heavy (non-hydrogen) atoms. The van der Waals surface area contributed by atoms with Crippen molar-refractivity contribution in [2.75, 3.05) is 13.1 Å². The van der Waals surface area contributed by atoms with Gasteiger partial charge < -0.3 is 5.32 Å². The topological polar surface area (TPSA) is 15.3 Å². The molecule has 0 saturated carbocycles. The second kappa shape index (κ2) is 8.12. The normalized spacial score (nSPS) is 14.2. The van der Waals surface area contributed by atoms with Crippen molar-refractivity contribution in [2.24, 2.45) is 0 Å². The van der Waals surface area contributed by atoms with Crippen molar-refractivity contribution in [3.05, 3.63) is 0 Å². The summed E-state index contributed by atoms with van der Waals surface area (Å²) in [5, 5.41) is 3.47. The van der Waals surface area contributed by atoms with E-state index in [4.69, 9.17) is 0 Å². The third-order valence-electron chi connectivity index (χ3n) is 2.95. The minimum absolute atomic E-state index is 0.618. The van der Waals surface area contributed by atoms with E-state index < -0.39 is 0 Å². The Balaban J connectivity index is 3.66. The first-order valence-corrected chi connectivity index (χ1v) is 6.48. The molecule has 0 radical (unpaired) electrons. The molecule has 0 amide bonds. The molecule has 1 N–H and O–H groups in total. The van der Waals surface area contributed by atoms with E-state index in [1.165, 1.54) is 12.8 Å². The average Bonchev–Trinajstić information content (AvgIpc) is 2.12. The molecular weight excluding hydrogens is 184 g/mol. The number of nitrogens with one attached hydrogen (secondary N) is 1. The largest absolute Gasteiger partial charge is 0.315 e. The van der Waals surface area contributed by atoms with Gasteiger partial charge in [-0.15, -0.1) is 0 Å². The third kappa shape index (κ3) is 6.91. The molecule has 2 heteroatoms. The van der Waals surface area contributed by atoms with Crippen LogP contribution in [0.4, 0.5) is 0 Å². The molecule has 0 fully saturated rings. The Morgan fingerprint density at radius 2 is 1.67 bits per heavy atom. The van der Waals surface area contributed by atoms with Crippen LogP contribution in [0.1, 0.15) is 54.4 Å². The standard InChI is InChI=1S/C13H30N2/c1-7-15(12(4)5)13(6)9-8-10-14-11(2)3/h11-14H,7-10H2,1-6H3. The molecule has 0 spiro atoms. The van der Waals surface area contributed by atoms with E-state index in [1.807, 2.05) is 0 Å². The number of hydrogen-bond acceptors (Lipinski definition) is 2. The molecule has 0 heterocycles. The van der Waals surface area contributed by atoms with Gasteiger partial charge in [-0.3, -0.25) is 4.90 Å². The highest BCUT2D eigenvalue weighted by atomic mass is 15.2. The van der Waals surface area contributed by atoms with Crippen LogP contribution in [0.5, 0.6) is 0 Å². The molecule has 0 aliphatic heterocycles. The van der Waals surface area contributed by atoms with Crippen molar-refractivity contribution in [2.45, 2.75) is 72.5 Å². The van der Waals surface area contributed by atoms with Crippen LogP contribution in [-0.4, -0.2) is 36.1 Å². The van der Waals surface area contributed by atoms with Gasteiger partial charge in [0.15, 0.2) is 0 Å². The minimum Gasteiger partial charge on any atom is -0.315 e. The highest BCUT2D eigenvalue weighted by molar-refractivity contribution is 4.70. The molecular formula is C13H30N2. The minimum atomic E-state index is 0.618. The second-order valence-corrected chi connectivity index (χ2v) is 5.02. The Labute approximate surface area is 96.4 Å². The van der Waals surface area contributed by atoms with E-state index in [1.54, 1.807) is 0 Å². The summed E-state index contributed by atoms with van der Waals surface area (Å²) in [4.78, 5) is 2.56. The van der Waals surface area contributed by atoms with Gasteiger partial charge in [-0.25, -0.2) is 0 Å². The van der Waals surface area contributed by atoms with Gasteiger partial charge in [0.1, 0.15) is 0 Å². The maximum atomic E-state index is 3.47. The van der Waals surface area contributed by atoms with E-state index >= 15 is 0 Å². The number of rotatable bonds is 8. The maximum absolute atomic E-state index is 3.47. The van der Waals surface area contributed by atoms with Crippen molar-refractivity contribution in [1.82, 2.24) is 10.2 Å². The summed E-state index contributed by atoms with van der Waals surface area (Å²) in [5.41, 5.74) is 0. The number of hydrogen-bond donors (Lipinski definition) is 1.